The second-order valence-electron chi connectivity index (χ2n) is 8.54. The topological polar surface area (TPSA) is 136 Å². The maximum atomic E-state index is 12.3. The van der Waals surface area contributed by atoms with Gasteiger partial charge in [0, 0.05) is 0 Å². The fraction of sp³-hybridized carbons (Fsp3) is 0.273. The van der Waals surface area contributed by atoms with Crippen LogP contribution < -0.4 is 0 Å². The largest absolute Gasteiger partial charge is 0.478 e. The summed E-state index contributed by atoms with van der Waals surface area (Å²) in [5.41, 5.74) is 0.628. The van der Waals surface area contributed by atoms with Gasteiger partial charge >= 0.3 is 23.9 Å². The summed E-state index contributed by atoms with van der Waals surface area (Å²) in [7, 11) is -4.93. The van der Waals surface area contributed by atoms with Crippen LogP contribution in [0.3, 0.4) is 0 Å². The molecular weight excluding hydrogens is 464 g/mol. The summed E-state index contributed by atoms with van der Waals surface area (Å²) in [6, 6.07) is 10.9. The summed E-state index contributed by atoms with van der Waals surface area (Å²) in [4.78, 5) is 46.4. The molecule has 0 saturated heterocycles. The third-order valence-corrected chi connectivity index (χ3v) is 10.5. The van der Waals surface area contributed by atoms with Gasteiger partial charge in [-0.15, -0.1) is 0 Å². The normalized spacial score (nSPS) is 11.5. The molecule has 0 aliphatic rings. The smallest absolute Gasteiger partial charge is 0.337 e. The molecule has 0 aromatic heterocycles. The van der Waals surface area contributed by atoms with Crippen LogP contribution in [0.1, 0.15) is 41.4 Å². The van der Waals surface area contributed by atoms with Crippen LogP contribution in [0.2, 0.25) is 26.2 Å². The SMILES string of the molecule is C[Si](C)(COC(=O)c1ccc(C(=O)O)cc1)O[Si](C)(C)COC(=O)c1ccc(C(=O)O)cc1. The van der Waals surface area contributed by atoms with Crippen LogP contribution in [0, 0.1) is 0 Å². The van der Waals surface area contributed by atoms with Crippen molar-refractivity contribution in [2.75, 3.05) is 12.5 Å². The minimum Gasteiger partial charge on any atom is -0.478 e. The Labute approximate surface area is 193 Å². The van der Waals surface area contributed by atoms with E-state index in [2.05, 4.69) is 0 Å². The predicted molar refractivity (Wildman–Crippen MR) is 123 cm³/mol. The number of carboxylic acid groups (broad SMARTS) is 2. The first-order chi connectivity index (χ1) is 15.3. The first kappa shape index (κ1) is 26.0. The molecule has 0 unspecified atom stereocenters. The van der Waals surface area contributed by atoms with Crippen molar-refractivity contribution in [1.29, 1.82) is 0 Å². The summed E-state index contributed by atoms with van der Waals surface area (Å²) in [5.74, 6) is -3.32. The Morgan fingerprint density at radius 2 is 0.879 bits per heavy atom. The van der Waals surface area contributed by atoms with E-state index in [1.807, 2.05) is 26.2 Å². The van der Waals surface area contributed by atoms with Crippen LogP contribution in [0.15, 0.2) is 48.5 Å². The van der Waals surface area contributed by atoms with Crippen LogP contribution in [-0.2, 0) is 13.6 Å². The maximum absolute atomic E-state index is 12.3. The number of carbonyl (C=O) groups is 4. The summed E-state index contributed by atoms with van der Waals surface area (Å²) in [6.45, 7) is 7.54. The molecule has 2 aromatic carbocycles. The monoisotopic (exact) mass is 490 g/mol. The van der Waals surface area contributed by atoms with Crippen molar-refractivity contribution < 1.29 is 43.0 Å². The van der Waals surface area contributed by atoms with Gasteiger partial charge in [0.05, 0.1) is 22.3 Å². The molecule has 9 nitrogen and oxygen atoms in total. The highest BCUT2D eigenvalue weighted by atomic mass is 28.4. The fourth-order valence-electron chi connectivity index (χ4n) is 2.95. The third kappa shape index (κ3) is 7.97. The Morgan fingerprint density at radius 1 is 0.606 bits per heavy atom. The number of rotatable bonds is 10. The Balaban J connectivity index is 1.88. The summed E-state index contributed by atoms with van der Waals surface area (Å²) in [5, 5.41) is 17.9. The molecule has 0 spiro atoms. The van der Waals surface area contributed by atoms with E-state index in [1.54, 1.807) is 0 Å². The Morgan fingerprint density at radius 3 is 1.15 bits per heavy atom. The predicted octanol–water partition coefficient (Wildman–Crippen LogP) is 3.60. The Bertz CT molecular complexity index is 945. The van der Waals surface area contributed by atoms with Crippen molar-refractivity contribution in [3.8, 4) is 0 Å². The molecule has 0 atom stereocenters. The molecule has 2 aromatic rings. The average molecular weight is 491 g/mol. The van der Waals surface area contributed by atoms with Gasteiger partial charge < -0.3 is 23.8 Å². The van der Waals surface area contributed by atoms with E-state index in [9.17, 15) is 19.2 Å². The molecule has 0 aliphatic heterocycles. The molecule has 0 saturated carbocycles. The van der Waals surface area contributed by atoms with E-state index >= 15 is 0 Å². The number of carbonyl (C=O) groups excluding carboxylic acids is 2. The van der Waals surface area contributed by atoms with E-state index in [1.165, 1.54) is 48.5 Å². The van der Waals surface area contributed by atoms with Gasteiger partial charge in [-0.05, 0) is 74.7 Å². The minimum absolute atomic E-state index is 0.0738. The quantitative estimate of drug-likeness (QED) is 0.378. The van der Waals surface area contributed by atoms with Crippen molar-refractivity contribution in [2.24, 2.45) is 0 Å². The van der Waals surface area contributed by atoms with Crippen LogP contribution in [0.4, 0.5) is 0 Å². The fourth-order valence-corrected chi connectivity index (χ4v) is 10.4. The molecule has 0 fully saturated rings. The van der Waals surface area contributed by atoms with E-state index in [-0.39, 0.29) is 34.7 Å². The molecular formula is C22H26O9Si2. The van der Waals surface area contributed by atoms with Gasteiger partial charge in [0.1, 0.15) is 12.5 Å². The van der Waals surface area contributed by atoms with Crippen molar-refractivity contribution in [2.45, 2.75) is 26.2 Å². The van der Waals surface area contributed by atoms with E-state index in [4.69, 9.17) is 23.8 Å². The molecule has 0 heterocycles. The summed E-state index contributed by atoms with van der Waals surface area (Å²) in [6.07, 6.45) is 0.154. The zero-order valence-corrected chi connectivity index (χ0v) is 20.8. The zero-order valence-electron chi connectivity index (χ0n) is 18.8. The number of hydrogen-bond donors (Lipinski definition) is 2. The highest BCUT2D eigenvalue weighted by molar-refractivity contribution is 6.84. The van der Waals surface area contributed by atoms with Gasteiger partial charge in [-0.25, -0.2) is 19.2 Å². The molecule has 0 aliphatic carbocycles. The van der Waals surface area contributed by atoms with Crippen molar-refractivity contribution in [3.63, 3.8) is 0 Å². The van der Waals surface area contributed by atoms with Crippen LogP contribution >= 0.6 is 0 Å². The van der Waals surface area contributed by atoms with Crippen molar-refractivity contribution >= 4 is 40.5 Å². The Kier molecular flexibility index (Phi) is 8.31. The first-order valence-corrected chi connectivity index (χ1v) is 16.2. The number of hydrogen-bond acceptors (Lipinski definition) is 7. The molecule has 0 radical (unpaired) electrons. The van der Waals surface area contributed by atoms with E-state index < -0.39 is 40.5 Å². The highest BCUT2D eigenvalue weighted by Gasteiger charge is 2.36. The second kappa shape index (κ2) is 10.6. The number of carboxylic acids is 2. The number of esters is 2. The molecule has 0 bridgehead atoms. The van der Waals surface area contributed by atoms with Gasteiger partial charge in [0.25, 0.3) is 0 Å². The second-order valence-corrected chi connectivity index (χ2v) is 17.0. The highest BCUT2D eigenvalue weighted by Crippen LogP contribution is 2.17. The van der Waals surface area contributed by atoms with Crippen LogP contribution in [0.5, 0.6) is 0 Å². The van der Waals surface area contributed by atoms with E-state index in [0.717, 1.165) is 0 Å². The van der Waals surface area contributed by atoms with Gasteiger partial charge in [0.15, 0.2) is 0 Å². The van der Waals surface area contributed by atoms with Crippen molar-refractivity contribution in [3.05, 3.63) is 70.8 Å². The average Bonchev–Trinajstić information content (AvgIpc) is 2.75. The standard InChI is InChI=1S/C22H26O9Si2/c1-32(2,13-29-21(27)17-9-5-15(6-10-17)19(23)24)31-33(3,4)14-30-22(28)18-11-7-16(8-12-18)20(25)26/h5-12H,13-14H2,1-4H3,(H,23,24)(H,25,26). The lowest BCUT2D eigenvalue weighted by Gasteiger charge is -2.33. The van der Waals surface area contributed by atoms with Gasteiger partial charge in [-0.2, -0.15) is 0 Å². The van der Waals surface area contributed by atoms with Gasteiger partial charge in [-0.3, -0.25) is 0 Å². The number of aromatic carboxylic acids is 2. The van der Waals surface area contributed by atoms with Crippen molar-refractivity contribution in [1.82, 2.24) is 0 Å². The van der Waals surface area contributed by atoms with E-state index in [0.29, 0.717) is 0 Å². The lowest BCUT2D eigenvalue weighted by molar-refractivity contribution is 0.0546. The number of benzene rings is 2. The zero-order chi connectivity index (χ0) is 24.8. The van der Waals surface area contributed by atoms with Gasteiger partial charge in [-0.1, -0.05) is 0 Å². The van der Waals surface area contributed by atoms with Crippen LogP contribution in [0.25, 0.3) is 0 Å². The lowest BCUT2D eigenvalue weighted by Crippen LogP contribution is -2.51. The molecule has 11 heteroatoms. The minimum atomic E-state index is -2.47. The summed E-state index contributed by atoms with van der Waals surface area (Å²) >= 11 is 0. The maximum Gasteiger partial charge on any atom is 0.337 e. The Hall–Kier alpha value is -3.29. The first-order valence-electron chi connectivity index (χ1n) is 10.0. The molecule has 0 amide bonds. The molecule has 2 rings (SSSR count). The lowest BCUT2D eigenvalue weighted by atomic mass is 10.1. The van der Waals surface area contributed by atoms with Gasteiger partial charge in [0.2, 0.25) is 16.6 Å². The summed E-state index contributed by atoms with van der Waals surface area (Å²) < 4.78 is 17.0. The molecule has 2 N–H and O–H groups in total. The number of ether oxygens (including phenoxy) is 2. The van der Waals surface area contributed by atoms with Crippen LogP contribution in [-0.4, -0.2) is 63.2 Å². The third-order valence-electron chi connectivity index (χ3n) is 4.39. The molecule has 33 heavy (non-hydrogen) atoms. The molecule has 176 valence electrons.